The average molecular weight is 406 g/mol. The zero-order valence-corrected chi connectivity index (χ0v) is 14.1. The smallest absolute Gasteiger partial charge is 0.430 e. The minimum absolute atomic E-state index is 0.00852. The number of aromatic nitrogens is 1. The zero-order valence-electron chi connectivity index (χ0n) is 12.6. The molecule has 1 atom stereocenters. The van der Waals surface area contributed by atoms with Crippen molar-refractivity contribution in [2.75, 3.05) is 0 Å². The summed E-state index contributed by atoms with van der Waals surface area (Å²) in [5.41, 5.74) is -1.06. The molecule has 1 aliphatic heterocycles. The fourth-order valence-electron chi connectivity index (χ4n) is 2.30. The molecule has 136 valence electrons. The van der Waals surface area contributed by atoms with E-state index in [4.69, 9.17) is 37.8 Å². The van der Waals surface area contributed by atoms with E-state index in [2.05, 4.69) is 4.98 Å². The number of rotatable bonds is 3. The van der Waals surface area contributed by atoms with Gasteiger partial charge in [0.25, 0.3) is 0 Å². The lowest BCUT2D eigenvalue weighted by Crippen LogP contribution is -2.41. The number of pyridine rings is 1. The van der Waals surface area contributed by atoms with Gasteiger partial charge in [0.2, 0.25) is 6.10 Å². The van der Waals surface area contributed by atoms with Crippen LogP contribution in [0.3, 0.4) is 0 Å². The maximum Gasteiger partial charge on any atom is 0.430 e. The van der Waals surface area contributed by atoms with Gasteiger partial charge in [-0.15, -0.1) is 0 Å². The highest BCUT2D eigenvalue weighted by atomic mass is 35.5. The van der Waals surface area contributed by atoms with Gasteiger partial charge in [-0.2, -0.15) is 13.2 Å². The van der Waals surface area contributed by atoms with Crippen LogP contribution in [-0.4, -0.2) is 28.3 Å². The monoisotopic (exact) mass is 405 g/mol. The first kappa shape index (κ1) is 18.3. The zero-order chi connectivity index (χ0) is 19.1. The van der Waals surface area contributed by atoms with Gasteiger partial charge in [-0.3, -0.25) is 0 Å². The largest absolute Gasteiger partial charge is 0.478 e. The van der Waals surface area contributed by atoms with E-state index in [0.717, 1.165) is 0 Å². The van der Waals surface area contributed by atoms with Gasteiger partial charge >= 0.3 is 12.1 Å². The maximum atomic E-state index is 13.2. The van der Waals surface area contributed by atoms with E-state index in [1.165, 1.54) is 30.5 Å². The molecule has 3 rings (SSSR count). The summed E-state index contributed by atoms with van der Waals surface area (Å²) in [5, 5.41) is 8.59. The highest BCUT2D eigenvalue weighted by Gasteiger charge is 2.50. The minimum atomic E-state index is -4.96. The first-order valence-electron chi connectivity index (χ1n) is 6.97. The number of carboxylic acid groups (broad SMARTS) is 1. The third-order valence-electron chi connectivity index (χ3n) is 3.41. The van der Waals surface area contributed by atoms with Crippen LogP contribution in [0.2, 0.25) is 5.15 Å². The number of fused-ring (bicyclic) bond motifs is 1. The second-order valence-corrected chi connectivity index (χ2v) is 5.86. The Morgan fingerprint density at radius 3 is 2.62 bits per heavy atom. The number of alkyl halides is 3. The summed E-state index contributed by atoms with van der Waals surface area (Å²) >= 11 is 11.8. The van der Waals surface area contributed by atoms with Gasteiger partial charge in [0, 0.05) is 17.8 Å². The van der Waals surface area contributed by atoms with Crippen molar-refractivity contribution >= 4 is 34.2 Å². The van der Waals surface area contributed by atoms with E-state index >= 15 is 0 Å². The lowest BCUT2D eigenvalue weighted by molar-refractivity contribution is -0.187. The Morgan fingerprint density at radius 1 is 1.27 bits per heavy atom. The van der Waals surface area contributed by atoms with Crippen LogP contribution in [0.1, 0.15) is 5.56 Å². The second-order valence-electron chi connectivity index (χ2n) is 5.12. The molecule has 5 nitrogen and oxygen atoms in total. The predicted molar refractivity (Wildman–Crippen MR) is 86.6 cm³/mol. The first-order valence-corrected chi connectivity index (χ1v) is 7.73. The normalized spacial score (nSPS) is 16.7. The molecule has 0 radical (unpaired) electrons. The van der Waals surface area contributed by atoms with Crippen molar-refractivity contribution in [1.82, 2.24) is 4.98 Å². The van der Waals surface area contributed by atoms with E-state index in [1.54, 1.807) is 6.07 Å². The van der Waals surface area contributed by atoms with Gasteiger partial charge in [-0.1, -0.05) is 23.2 Å². The predicted octanol–water partition coefficient (Wildman–Crippen LogP) is 4.89. The molecule has 1 aromatic carbocycles. The number of ether oxygens (including phenoxy) is 2. The molecular formula is C16H8Cl2F3NO4. The fraction of sp³-hybridized carbons (Fsp3) is 0.125. The van der Waals surface area contributed by atoms with E-state index in [1.807, 2.05) is 0 Å². The fourth-order valence-corrected chi connectivity index (χ4v) is 2.80. The van der Waals surface area contributed by atoms with Gasteiger partial charge in [0.1, 0.15) is 17.1 Å². The average Bonchev–Trinajstić information content (AvgIpc) is 2.55. The number of benzene rings is 1. The van der Waals surface area contributed by atoms with Crippen molar-refractivity contribution in [2.45, 2.75) is 12.3 Å². The number of halogens is 5. The summed E-state index contributed by atoms with van der Waals surface area (Å²) in [5.74, 6) is -1.78. The van der Waals surface area contributed by atoms with Crippen LogP contribution in [0.5, 0.6) is 17.2 Å². The number of aliphatic carboxylic acids is 1. The molecule has 2 heterocycles. The molecule has 0 fully saturated rings. The summed E-state index contributed by atoms with van der Waals surface area (Å²) in [6.45, 7) is 0. The molecule has 0 aliphatic carbocycles. The number of carbonyl (C=O) groups is 1. The second kappa shape index (κ2) is 6.69. The van der Waals surface area contributed by atoms with Crippen molar-refractivity contribution in [1.29, 1.82) is 0 Å². The quantitative estimate of drug-likeness (QED) is 0.736. The van der Waals surface area contributed by atoms with Crippen molar-refractivity contribution in [3.63, 3.8) is 0 Å². The van der Waals surface area contributed by atoms with E-state index in [-0.39, 0.29) is 28.0 Å². The molecule has 1 aromatic heterocycles. The summed E-state index contributed by atoms with van der Waals surface area (Å²) < 4.78 is 49.9. The molecule has 0 amide bonds. The molecule has 0 saturated heterocycles. The highest BCUT2D eigenvalue weighted by molar-refractivity contribution is 6.51. The molecule has 1 N–H and O–H groups in total. The highest BCUT2D eigenvalue weighted by Crippen LogP contribution is 2.45. The molecule has 26 heavy (non-hydrogen) atoms. The van der Waals surface area contributed by atoms with E-state index in [0.29, 0.717) is 0 Å². The van der Waals surface area contributed by atoms with Gasteiger partial charge < -0.3 is 14.6 Å². The standard InChI is InChI=1S/C16H8Cl2F3NO4/c17-12-8-4-3-7(25-9-2-1-5-22-14(9)18)6-10(8)26-13(16(19,20)21)11(12)15(23)24/h1-6,13H,(H,23,24). The van der Waals surface area contributed by atoms with Crippen molar-refractivity contribution < 1.29 is 32.5 Å². The number of carboxylic acids is 1. The van der Waals surface area contributed by atoms with E-state index in [9.17, 15) is 18.0 Å². The number of hydrogen-bond donors (Lipinski definition) is 1. The lowest BCUT2D eigenvalue weighted by Gasteiger charge is -2.28. The molecule has 0 spiro atoms. The Labute approximate surface area is 154 Å². The molecular weight excluding hydrogens is 398 g/mol. The van der Waals surface area contributed by atoms with Crippen molar-refractivity contribution in [2.24, 2.45) is 0 Å². The maximum absolute atomic E-state index is 13.2. The van der Waals surface area contributed by atoms with Crippen LogP contribution in [0.25, 0.3) is 5.03 Å². The minimum Gasteiger partial charge on any atom is -0.478 e. The number of hydrogen-bond acceptors (Lipinski definition) is 4. The van der Waals surface area contributed by atoms with Gasteiger partial charge in [-0.05, 0) is 24.3 Å². The van der Waals surface area contributed by atoms with Crippen LogP contribution in [0, 0.1) is 0 Å². The summed E-state index contributed by atoms with van der Waals surface area (Å²) in [6.07, 6.45) is -6.22. The molecule has 2 aromatic rings. The lowest BCUT2D eigenvalue weighted by atomic mass is 10.0. The molecule has 1 aliphatic rings. The van der Waals surface area contributed by atoms with Crippen molar-refractivity contribution in [3.05, 3.63) is 52.8 Å². The topological polar surface area (TPSA) is 68.7 Å². The van der Waals surface area contributed by atoms with Crippen LogP contribution < -0.4 is 9.47 Å². The molecule has 10 heteroatoms. The first-order chi connectivity index (χ1) is 12.2. The van der Waals surface area contributed by atoms with E-state index < -0.39 is 28.9 Å². The third kappa shape index (κ3) is 3.42. The Kier molecular flexibility index (Phi) is 4.72. The Morgan fingerprint density at radius 2 is 2.00 bits per heavy atom. The van der Waals surface area contributed by atoms with Crippen LogP contribution >= 0.6 is 23.2 Å². The van der Waals surface area contributed by atoms with Crippen LogP contribution in [0.15, 0.2) is 42.1 Å². The number of nitrogens with zero attached hydrogens (tertiary/aromatic N) is 1. The van der Waals surface area contributed by atoms with Gasteiger partial charge in [0.15, 0.2) is 10.9 Å². The third-order valence-corrected chi connectivity index (χ3v) is 4.10. The van der Waals surface area contributed by atoms with Crippen LogP contribution in [-0.2, 0) is 4.79 Å². The summed E-state index contributed by atoms with van der Waals surface area (Å²) in [7, 11) is 0. The van der Waals surface area contributed by atoms with Crippen molar-refractivity contribution in [3.8, 4) is 17.2 Å². The van der Waals surface area contributed by atoms with Gasteiger partial charge in [0.05, 0.1) is 5.03 Å². The Balaban J connectivity index is 2.03. The summed E-state index contributed by atoms with van der Waals surface area (Å²) in [4.78, 5) is 15.0. The Hall–Kier alpha value is -2.45. The Bertz CT molecular complexity index is 915. The molecule has 0 bridgehead atoms. The molecule has 1 unspecified atom stereocenters. The van der Waals surface area contributed by atoms with Gasteiger partial charge in [-0.25, -0.2) is 9.78 Å². The van der Waals surface area contributed by atoms with Crippen LogP contribution in [0.4, 0.5) is 13.2 Å². The molecule has 0 saturated carbocycles. The SMILES string of the molecule is O=C(O)C1=C(Cl)c2ccc(Oc3cccnc3Cl)cc2OC1C(F)(F)F. The summed E-state index contributed by atoms with van der Waals surface area (Å²) in [6, 6.07) is 6.94.